The summed E-state index contributed by atoms with van der Waals surface area (Å²) in [6.45, 7) is 0. The number of furan rings is 3. The van der Waals surface area contributed by atoms with Gasteiger partial charge in [0.2, 0.25) is 0 Å². The smallest absolute Gasteiger partial charge is 0.144 e. The summed E-state index contributed by atoms with van der Waals surface area (Å²) in [6, 6.07) is 138. The number of hydrogen-bond donors (Lipinski definition) is 0. The van der Waals surface area contributed by atoms with E-state index in [1.807, 2.05) is 53.8 Å². The molecular formula is C106H64N4O3S. The minimum atomic E-state index is 0.847. The van der Waals surface area contributed by atoms with Crippen molar-refractivity contribution in [1.29, 1.82) is 0 Å². The van der Waals surface area contributed by atoms with Crippen molar-refractivity contribution in [2.75, 3.05) is 0 Å². The Hall–Kier alpha value is -15.0. The van der Waals surface area contributed by atoms with Crippen LogP contribution in [0.1, 0.15) is 0 Å². The van der Waals surface area contributed by atoms with Crippen molar-refractivity contribution in [3.8, 4) is 101 Å². The molecule has 24 rings (SSSR count). The molecule has 0 atom stereocenters. The minimum Gasteiger partial charge on any atom is -0.456 e. The van der Waals surface area contributed by atoms with Crippen LogP contribution in [0.15, 0.2) is 401 Å². The molecule has 0 amide bonds. The Balaban J connectivity index is 0.000000135. The van der Waals surface area contributed by atoms with Crippen LogP contribution >= 0.6 is 11.3 Å². The molecule has 0 aliphatic carbocycles. The van der Waals surface area contributed by atoms with Gasteiger partial charge in [-0.3, -0.25) is 0 Å². The summed E-state index contributed by atoms with van der Waals surface area (Å²) in [5.41, 5.74) is 28.7. The highest BCUT2D eigenvalue weighted by molar-refractivity contribution is 7.26. The normalized spacial score (nSPS) is 11.9. The third-order valence-corrected chi connectivity index (χ3v) is 23.9. The highest BCUT2D eigenvalue weighted by atomic mass is 32.1. The van der Waals surface area contributed by atoms with Gasteiger partial charge >= 0.3 is 0 Å². The van der Waals surface area contributed by atoms with Gasteiger partial charge in [-0.1, -0.05) is 273 Å². The van der Waals surface area contributed by atoms with Gasteiger partial charge in [0, 0.05) is 113 Å². The van der Waals surface area contributed by atoms with Crippen molar-refractivity contribution in [2.45, 2.75) is 0 Å². The predicted octanol–water partition coefficient (Wildman–Crippen LogP) is 29.8. The van der Waals surface area contributed by atoms with Gasteiger partial charge < -0.3 is 22.4 Å². The maximum Gasteiger partial charge on any atom is 0.144 e. The number of thiophene rings is 1. The topological polar surface area (TPSA) is 75.1 Å². The molecule has 532 valence electrons. The molecule has 0 aliphatic heterocycles. The van der Waals surface area contributed by atoms with Gasteiger partial charge in [-0.25, -0.2) is 9.97 Å². The van der Waals surface area contributed by atoms with Crippen LogP contribution in [0.25, 0.3) is 231 Å². The Morgan fingerprint density at radius 3 is 1.20 bits per heavy atom. The van der Waals surface area contributed by atoms with Gasteiger partial charge in [-0.05, 0) is 154 Å². The largest absolute Gasteiger partial charge is 0.456 e. The van der Waals surface area contributed by atoms with Gasteiger partial charge in [0.1, 0.15) is 33.5 Å². The summed E-state index contributed by atoms with van der Waals surface area (Å²) < 4.78 is 26.9. The zero-order valence-corrected chi connectivity index (χ0v) is 62.2. The van der Waals surface area contributed by atoms with E-state index in [9.17, 15) is 0 Å². The highest BCUT2D eigenvalue weighted by Gasteiger charge is 2.24. The maximum absolute atomic E-state index is 6.56. The van der Waals surface area contributed by atoms with Crippen molar-refractivity contribution in [3.05, 3.63) is 388 Å². The molecule has 0 aliphatic rings. The van der Waals surface area contributed by atoms with E-state index in [-0.39, 0.29) is 0 Å². The predicted molar refractivity (Wildman–Crippen MR) is 475 cm³/mol. The van der Waals surface area contributed by atoms with Crippen molar-refractivity contribution >= 4 is 141 Å². The Bertz CT molecular complexity index is 7500. The van der Waals surface area contributed by atoms with E-state index in [1.54, 1.807) is 0 Å². The van der Waals surface area contributed by atoms with Crippen LogP contribution in [0.4, 0.5) is 0 Å². The number of benzene rings is 16. The summed E-state index contributed by atoms with van der Waals surface area (Å²) in [5, 5.41) is 14.3. The molecule has 0 N–H and O–H groups in total. The average molecular weight is 1470 g/mol. The van der Waals surface area contributed by atoms with Crippen LogP contribution in [-0.2, 0) is 0 Å². The third kappa shape index (κ3) is 10.7. The fourth-order valence-corrected chi connectivity index (χ4v) is 18.7. The SMILES string of the molecule is c1ccc(-c2ccc(-c3cc(-c4cccc(-n5c6ccccc6c6c7c(ccc65)sc5ccccc57)c4)nc(-c4cccc5c4oc4ccccc45)c3)cc2)cc1.c1ccc(-c2ccc(-c3cc(-c4cccc5c4oc4ccccc45)cc(-c4cccc(-n5c6ccccc6c6c7c(ccc65)oc5ccccc57)c4)n3)cc2)cc1. The fraction of sp³-hybridized carbons (Fsp3) is 0. The Labute approximate surface area is 658 Å². The number of para-hydroxylation sites is 7. The van der Waals surface area contributed by atoms with Crippen molar-refractivity contribution in [1.82, 2.24) is 19.1 Å². The van der Waals surface area contributed by atoms with Crippen LogP contribution in [0.3, 0.4) is 0 Å². The number of hydrogen-bond acceptors (Lipinski definition) is 6. The second-order valence-corrected chi connectivity index (χ2v) is 30.5. The molecule has 0 spiro atoms. The van der Waals surface area contributed by atoms with Crippen LogP contribution in [0, 0.1) is 0 Å². The van der Waals surface area contributed by atoms with Crippen molar-refractivity contribution in [2.24, 2.45) is 0 Å². The lowest BCUT2D eigenvalue weighted by molar-refractivity contribution is 0.669. The van der Waals surface area contributed by atoms with E-state index in [0.717, 1.165) is 156 Å². The standard InChI is InChI=1S/C53H32N2O2.C53H32N2OS/c1-2-12-33(13-3-1)34-24-26-35(27-25-34)44-31-37(39-19-11-20-41-40-16-5-8-22-48(40)57-53(39)41)32-45(54-44)36-14-10-15-38(30-36)55-46-21-7-4-17-42(46)51-47(55)28-29-50-52(51)43-18-6-9-23-49(43)56-50;1-2-12-33(13-3-1)34-24-26-35(27-25-34)37-31-44(54-45(32-37)41-20-11-19-40-39-16-5-8-22-48(39)56-53(40)41)36-14-10-15-38(30-36)55-46-21-7-4-17-42(46)51-47(55)28-29-50-52(51)43-18-6-9-23-49(43)57-50/h2*1-32H. The van der Waals surface area contributed by atoms with E-state index in [2.05, 4.69) is 355 Å². The molecular weight excluding hydrogens is 1410 g/mol. The van der Waals surface area contributed by atoms with Gasteiger partial charge in [-0.2, -0.15) is 0 Å². The minimum absolute atomic E-state index is 0.847. The monoisotopic (exact) mass is 1470 g/mol. The molecule has 24 aromatic rings. The van der Waals surface area contributed by atoms with Crippen LogP contribution < -0.4 is 0 Å². The zero-order chi connectivity index (χ0) is 74.9. The number of fused-ring (bicyclic) bond motifs is 20. The molecule has 8 heteroatoms. The molecule has 0 saturated heterocycles. The lowest BCUT2D eigenvalue weighted by atomic mass is 9.97. The summed E-state index contributed by atoms with van der Waals surface area (Å²) in [5.74, 6) is 0. The zero-order valence-electron chi connectivity index (χ0n) is 61.4. The quantitative estimate of drug-likeness (QED) is 0.136. The van der Waals surface area contributed by atoms with E-state index in [0.29, 0.717) is 0 Å². The molecule has 114 heavy (non-hydrogen) atoms. The first-order valence-corrected chi connectivity index (χ1v) is 39.4. The molecule has 0 fully saturated rings. The number of aromatic nitrogens is 4. The summed E-state index contributed by atoms with van der Waals surface area (Å²) in [4.78, 5) is 10.8. The molecule has 7 nitrogen and oxygen atoms in total. The van der Waals surface area contributed by atoms with Gasteiger partial charge in [0.25, 0.3) is 0 Å². The molecule has 0 bridgehead atoms. The highest BCUT2D eigenvalue weighted by Crippen LogP contribution is 2.47. The first kappa shape index (κ1) is 65.0. The summed E-state index contributed by atoms with van der Waals surface area (Å²) in [6.07, 6.45) is 0. The van der Waals surface area contributed by atoms with Crippen LogP contribution in [-0.4, -0.2) is 19.1 Å². The Morgan fingerprint density at radius 2 is 0.605 bits per heavy atom. The van der Waals surface area contributed by atoms with E-state index >= 15 is 0 Å². The lowest BCUT2D eigenvalue weighted by Gasteiger charge is -2.13. The van der Waals surface area contributed by atoms with Gasteiger partial charge in [0.15, 0.2) is 0 Å². The average Bonchev–Trinajstić information content (AvgIpc) is 1.56. The summed E-state index contributed by atoms with van der Waals surface area (Å²) in [7, 11) is 0. The number of pyridine rings is 2. The maximum atomic E-state index is 6.56. The molecule has 8 heterocycles. The molecule has 8 aromatic heterocycles. The van der Waals surface area contributed by atoms with Gasteiger partial charge in [-0.15, -0.1) is 11.3 Å². The molecule has 0 unspecified atom stereocenters. The van der Waals surface area contributed by atoms with Crippen molar-refractivity contribution in [3.63, 3.8) is 0 Å². The fourth-order valence-electron chi connectivity index (χ4n) is 17.6. The van der Waals surface area contributed by atoms with Crippen LogP contribution in [0.2, 0.25) is 0 Å². The first-order chi connectivity index (χ1) is 56.5. The molecule has 0 saturated carbocycles. The molecule has 16 aromatic carbocycles. The van der Waals surface area contributed by atoms with E-state index in [4.69, 9.17) is 23.2 Å². The number of rotatable bonds is 10. The lowest BCUT2D eigenvalue weighted by Crippen LogP contribution is -1.96. The Morgan fingerprint density at radius 1 is 0.202 bits per heavy atom. The first-order valence-electron chi connectivity index (χ1n) is 38.6. The molecule has 0 radical (unpaired) electrons. The third-order valence-electron chi connectivity index (χ3n) is 22.8. The second-order valence-electron chi connectivity index (χ2n) is 29.4. The van der Waals surface area contributed by atoms with Crippen LogP contribution in [0.5, 0.6) is 0 Å². The van der Waals surface area contributed by atoms with E-state index in [1.165, 1.54) is 75.0 Å². The summed E-state index contributed by atoms with van der Waals surface area (Å²) >= 11 is 1.87. The van der Waals surface area contributed by atoms with Gasteiger partial charge in [0.05, 0.1) is 44.8 Å². The van der Waals surface area contributed by atoms with Crippen molar-refractivity contribution < 1.29 is 13.3 Å². The Kier molecular flexibility index (Phi) is 15.0. The number of nitrogens with zero attached hydrogens (tertiary/aromatic N) is 4. The second kappa shape index (κ2) is 26.4. The van der Waals surface area contributed by atoms with E-state index < -0.39 is 0 Å².